The molecule has 0 amide bonds. The van der Waals surface area contributed by atoms with Gasteiger partial charge in [0.05, 0.1) is 22.7 Å². The second kappa shape index (κ2) is 4.13. The van der Waals surface area contributed by atoms with Gasteiger partial charge in [-0.25, -0.2) is 4.98 Å². The normalized spacial score (nSPS) is 9.15. The van der Waals surface area contributed by atoms with Gasteiger partial charge in [-0.2, -0.15) is 5.26 Å². The first-order valence-corrected chi connectivity index (χ1v) is 4.43. The summed E-state index contributed by atoms with van der Waals surface area (Å²) < 4.78 is 1.16. The smallest absolute Gasteiger partial charge is 1.00 e. The van der Waals surface area contributed by atoms with Gasteiger partial charge in [0, 0.05) is 0 Å². The summed E-state index contributed by atoms with van der Waals surface area (Å²) in [4.78, 5) is 4.30. The van der Waals surface area contributed by atoms with E-state index >= 15 is 0 Å². The molecule has 13 heavy (non-hydrogen) atoms. The quantitative estimate of drug-likeness (QED) is 0.639. The van der Waals surface area contributed by atoms with Crippen LogP contribution in [0.2, 0.25) is 0 Å². The van der Waals surface area contributed by atoms with Crippen LogP contribution in [0.5, 0.6) is 0 Å². The molecular formula is C9H8BeN2S. The molecule has 62 valence electrons. The van der Waals surface area contributed by atoms with E-state index in [4.69, 9.17) is 5.26 Å². The Morgan fingerprint density at radius 2 is 2.23 bits per heavy atom. The Kier molecular flexibility index (Phi) is 3.13. The van der Waals surface area contributed by atoms with Gasteiger partial charge in [0.2, 0.25) is 0 Å². The van der Waals surface area contributed by atoms with E-state index in [1.54, 1.807) is 11.3 Å². The molecular weight excluding hydrogens is 177 g/mol. The van der Waals surface area contributed by atoms with Crippen molar-refractivity contribution in [2.45, 2.75) is 6.42 Å². The maximum atomic E-state index is 8.46. The molecule has 2 aromatic rings. The SMILES string of the molecule is N#CCc1nc2ccccc2s1.[Be+2].[H-].[H-]. The molecule has 0 saturated carbocycles. The minimum Gasteiger partial charge on any atom is -1.00 e. The van der Waals surface area contributed by atoms with Gasteiger partial charge in [0.1, 0.15) is 5.01 Å². The number of nitriles is 1. The first-order valence-electron chi connectivity index (χ1n) is 3.61. The van der Waals surface area contributed by atoms with Crippen LogP contribution < -0.4 is 0 Å². The van der Waals surface area contributed by atoms with Gasteiger partial charge in [-0.15, -0.1) is 11.3 Å². The largest absolute Gasteiger partial charge is 2.00 e. The molecule has 2 nitrogen and oxygen atoms in total. The molecule has 2 rings (SSSR count). The van der Waals surface area contributed by atoms with Crippen LogP contribution in [0.3, 0.4) is 0 Å². The molecule has 0 aliphatic carbocycles. The standard InChI is InChI=1S/C9H6N2S.Be.2H/c10-6-5-9-11-7-3-1-2-4-8(7)12-9;;;/h1-4H,5H2;;;/q;+2;2*-1. The van der Waals surface area contributed by atoms with E-state index in [1.807, 2.05) is 24.3 Å². The predicted octanol–water partition coefficient (Wildman–Crippen LogP) is 2.21. The van der Waals surface area contributed by atoms with Crippen LogP contribution in [-0.2, 0) is 6.42 Å². The van der Waals surface area contributed by atoms with Crippen LogP contribution in [0, 0.1) is 11.3 Å². The van der Waals surface area contributed by atoms with Crippen LogP contribution in [0.1, 0.15) is 7.86 Å². The molecule has 0 bridgehead atoms. The molecule has 0 radical (unpaired) electrons. The molecule has 4 heteroatoms. The van der Waals surface area contributed by atoms with Gasteiger partial charge >= 0.3 is 10.1 Å². The molecule has 0 spiro atoms. The zero-order valence-corrected chi connectivity index (χ0v) is 7.84. The summed E-state index contributed by atoms with van der Waals surface area (Å²) in [7, 11) is 0. The molecule has 0 N–H and O–H groups in total. The first-order chi connectivity index (χ1) is 5.90. The minimum atomic E-state index is 0. The Balaban J connectivity index is 0. The Morgan fingerprint density at radius 1 is 1.46 bits per heavy atom. The molecule has 0 saturated heterocycles. The summed E-state index contributed by atoms with van der Waals surface area (Å²) in [5.74, 6) is 0. The monoisotopic (exact) mass is 185 g/mol. The van der Waals surface area contributed by atoms with E-state index in [-0.39, 0.29) is 13.0 Å². The van der Waals surface area contributed by atoms with Crippen LogP contribution >= 0.6 is 11.3 Å². The zero-order valence-electron chi connectivity index (χ0n) is 9.03. The molecule has 0 atom stereocenters. The predicted molar refractivity (Wildman–Crippen MR) is 56.9 cm³/mol. The van der Waals surface area contributed by atoms with Crippen molar-refractivity contribution >= 4 is 31.7 Å². The van der Waals surface area contributed by atoms with E-state index < -0.39 is 0 Å². The minimum absolute atomic E-state index is 0. The topological polar surface area (TPSA) is 36.7 Å². The van der Waals surface area contributed by atoms with Gasteiger partial charge in [-0.1, -0.05) is 12.1 Å². The van der Waals surface area contributed by atoms with Gasteiger partial charge in [-0.3, -0.25) is 0 Å². The number of aromatic nitrogens is 1. The third-order valence-electron chi connectivity index (χ3n) is 1.57. The number of hydrogen-bond acceptors (Lipinski definition) is 3. The van der Waals surface area contributed by atoms with Gasteiger partial charge in [0.25, 0.3) is 0 Å². The van der Waals surface area contributed by atoms with Crippen molar-refractivity contribution in [3.05, 3.63) is 29.3 Å². The van der Waals surface area contributed by atoms with Crippen molar-refractivity contribution in [3.8, 4) is 6.07 Å². The van der Waals surface area contributed by atoms with Gasteiger partial charge < -0.3 is 2.85 Å². The number of benzene rings is 1. The Morgan fingerprint density at radius 3 is 2.92 bits per heavy atom. The molecule has 1 aromatic heterocycles. The van der Waals surface area contributed by atoms with Crippen molar-refractivity contribution in [2.75, 3.05) is 0 Å². The molecule has 1 aromatic carbocycles. The maximum absolute atomic E-state index is 8.46. The van der Waals surface area contributed by atoms with Gasteiger partial charge in [0.15, 0.2) is 0 Å². The fraction of sp³-hybridized carbons (Fsp3) is 0.111. The summed E-state index contributed by atoms with van der Waals surface area (Å²) in [6, 6.07) is 10.0. The average molecular weight is 185 g/mol. The molecule has 0 fully saturated rings. The van der Waals surface area contributed by atoms with Crippen LogP contribution in [0.4, 0.5) is 0 Å². The third-order valence-corrected chi connectivity index (χ3v) is 2.60. The number of thiazole rings is 1. The van der Waals surface area contributed by atoms with Crippen molar-refractivity contribution in [1.82, 2.24) is 4.98 Å². The van der Waals surface area contributed by atoms with Crippen LogP contribution in [0.25, 0.3) is 10.2 Å². The van der Waals surface area contributed by atoms with Gasteiger partial charge in [-0.05, 0) is 12.1 Å². The van der Waals surface area contributed by atoms with Crippen molar-refractivity contribution < 1.29 is 2.85 Å². The Hall–Kier alpha value is -1.23. The maximum Gasteiger partial charge on any atom is 2.00 e. The molecule has 1 heterocycles. The van der Waals surface area contributed by atoms with Crippen LogP contribution in [0.15, 0.2) is 24.3 Å². The third kappa shape index (κ3) is 1.92. The fourth-order valence-corrected chi connectivity index (χ4v) is 1.96. The average Bonchev–Trinajstić information content (AvgIpc) is 2.47. The number of para-hydroxylation sites is 1. The van der Waals surface area contributed by atoms with E-state index in [0.29, 0.717) is 6.42 Å². The second-order valence-corrected chi connectivity index (χ2v) is 3.53. The summed E-state index contributed by atoms with van der Waals surface area (Å²) in [6.07, 6.45) is 0.416. The van der Waals surface area contributed by atoms with Crippen molar-refractivity contribution in [3.63, 3.8) is 0 Å². The fourth-order valence-electron chi connectivity index (χ4n) is 1.06. The van der Waals surface area contributed by atoms with E-state index in [1.165, 1.54) is 0 Å². The summed E-state index contributed by atoms with van der Waals surface area (Å²) in [5.41, 5.74) is 0.993. The van der Waals surface area contributed by atoms with E-state index in [9.17, 15) is 0 Å². The zero-order chi connectivity index (χ0) is 8.39. The Labute approximate surface area is 87.0 Å². The van der Waals surface area contributed by atoms with Crippen molar-refractivity contribution in [1.29, 1.82) is 5.26 Å². The summed E-state index contributed by atoms with van der Waals surface area (Å²) in [6.45, 7) is 0. The van der Waals surface area contributed by atoms with E-state index in [2.05, 4.69) is 11.1 Å². The Bertz CT molecular complexity index is 420. The molecule has 0 unspecified atom stereocenters. The second-order valence-electron chi connectivity index (χ2n) is 2.41. The summed E-state index contributed by atoms with van der Waals surface area (Å²) >= 11 is 1.59. The van der Waals surface area contributed by atoms with E-state index in [0.717, 1.165) is 15.2 Å². The number of hydrogen-bond donors (Lipinski definition) is 0. The van der Waals surface area contributed by atoms with Crippen molar-refractivity contribution in [2.24, 2.45) is 0 Å². The summed E-state index contributed by atoms with van der Waals surface area (Å²) in [5, 5.41) is 9.36. The molecule has 0 aliphatic heterocycles. The number of nitrogens with zero attached hydrogens (tertiary/aromatic N) is 2. The number of rotatable bonds is 1. The first kappa shape index (κ1) is 9.85. The van der Waals surface area contributed by atoms with Crippen LogP contribution in [-0.4, -0.2) is 15.1 Å². The number of fused-ring (bicyclic) bond motifs is 1. The molecule has 0 aliphatic rings.